The van der Waals surface area contributed by atoms with Crippen LogP contribution in [0.25, 0.3) is 11.0 Å². The molecular formula is C22H22N4O3. The smallest absolute Gasteiger partial charge is 0.251 e. The Morgan fingerprint density at radius 1 is 1.03 bits per heavy atom. The highest BCUT2D eigenvalue weighted by molar-refractivity contribution is 6.01. The van der Waals surface area contributed by atoms with Crippen LogP contribution in [0.1, 0.15) is 41.0 Å². The number of imide groups is 1. The van der Waals surface area contributed by atoms with Gasteiger partial charge in [-0.15, -0.1) is 0 Å². The van der Waals surface area contributed by atoms with Gasteiger partial charge in [0.25, 0.3) is 5.91 Å². The number of H-pyrrole nitrogens is 1. The van der Waals surface area contributed by atoms with Gasteiger partial charge in [-0.05, 0) is 36.2 Å². The lowest BCUT2D eigenvalue weighted by atomic mass is 10.1. The van der Waals surface area contributed by atoms with Gasteiger partial charge in [0.05, 0.1) is 17.6 Å². The minimum Gasteiger partial charge on any atom is -0.352 e. The molecule has 4 rings (SSSR count). The topological polar surface area (TPSA) is 95.2 Å². The summed E-state index contributed by atoms with van der Waals surface area (Å²) in [4.78, 5) is 44.8. The number of carbonyl (C=O) groups excluding carboxylic acids is 3. The summed E-state index contributed by atoms with van der Waals surface area (Å²) in [5.41, 5.74) is 3.35. The number of nitrogens with one attached hydrogen (secondary N) is 2. The van der Waals surface area contributed by atoms with Gasteiger partial charge in [0, 0.05) is 31.4 Å². The molecule has 0 saturated carbocycles. The number of carbonyl (C=O) groups is 3. The number of likely N-dealkylation sites (tertiary alicyclic amines) is 1. The zero-order valence-corrected chi connectivity index (χ0v) is 16.0. The quantitative estimate of drug-likeness (QED) is 0.479. The Kier molecular flexibility index (Phi) is 5.37. The highest BCUT2D eigenvalue weighted by atomic mass is 16.2. The largest absolute Gasteiger partial charge is 0.352 e. The highest BCUT2D eigenvalue weighted by Gasteiger charge is 2.28. The van der Waals surface area contributed by atoms with E-state index in [9.17, 15) is 14.4 Å². The van der Waals surface area contributed by atoms with Crippen molar-refractivity contribution in [2.24, 2.45) is 0 Å². The van der Waals surface area contributed by atoms with Gasteiger partial charge >= 0.3 is 0 Å². The summed E-state index contributed by atoms with van der Waals surface area (Å²) < 4.78 is 0. The number of benzene rings is 2. The molecule has 0 aliphatic carbocycles. The van der Waals surface area contributed by atoms with Gasteiger partial charge in [-0.25, -0.2) is 4.98 Å². The van der Waals surface area contributed by atoms with E-state index in [2.05, 4.69) is 15.3 Å². The second kappa shape index (κ2) is 8.26. The molecule has 3 amide bonds. The maximum Gasteiger partial charge on any atom is 0.251 e. The fraction of sp³-hybridized carbons (Fsp3) is 0.273. The van der Waals surface area contributed by atoms with Gasteiger partial charge < -0.3 is 10.3 Å². The fourth-order valence-corrected chi connectivity index (χ4v) is 3.43. The molecule has 1 fully saturated rings. The van der Waals surface area contributed by atoms with Crippen molar-refractivity contribution in [3.05, 3.63) is 65.5 Å². The Labute approximate surface area is 168 Å². The first-order valence-electron chi connectivity index (χ1n) is 9.74. The van der Waals surface area contributed by atoms with Crippen LogP contribution in [0.15, 0.2) is 48.5 Å². The molecule has 2 heterocycles. The summed E-state index contributed by atoms with van der Waals surface area (Å²) >= 11 is 0. The second-order valence-electron chi connectivity index (χ2n) is 7.13. The number of hydrogen-bond acceptors (Lipinski definition) is 4. The average molecular weight is 390 g/mol. The molecule has 1 aromatic heterocycles. The summed E-state index contributed by atoms with van der Waals surface area (Å²) in [5, 5.41) is 2.91. The third-order valence-corrected chi connectivity index (χ3v) is 5.03. The first-order chi connectivity index (χ1) is 14.1. The normalized spacial score (nSPS) is 14.0. The van der Waals surface area contributed by atoms with E-state index in [-0.39, 0.29) is 37.1 Å². The van der Waals surface area contributed by atoms with Crippen LogP contribution in [0.3, 0.4) is 0 Å². The third-order valence-electron chi connectivity index (χ3n) is 5.03. The molecule has 0 atom stereocenters. The van der Waals surface area contributed by atoms with Crippen molar-refractivity contribution in [1.29, 1.82) is 0 Å². The van der Waals surface area contributed by atoms with Crippen LogP contribution in [0.2, 0.25) is 0 Å². The number of hydrogen-bond donors (Lipinski definition) is 2. The van der Waals surface area contributed by atoms with Crippen molar-refractivity contribution in [2.45, 2.75) is 32.2 Å². The summed E-state index contributed by atoms with van der Waals surface area (Å²) in [6.45, 7) is 0.811. The molecule has 2 N–H and O–H groups in total. The number of aromatic amines is 1. The van der Waals surface area contributed by atoms with E-state index in [1.165, 1.54) is 4.90 Å². The first kappa shape index (κ1) is 18.9. The Morgan fingerprint density at radius 3 is 2.48 bits per heavy atom. The van der Waals surface area contributed by atoms with Gasteiger partial charge in [0.2, 0.25) is 11.8 Å². The lowest BCUT2D eigenvalue weighted by molar-refractivity contribution is -0.139. The average Bonchev–Trinajstić information content (AvgIpc) is 3.29. The molecule has 7 nitrogen and oxygen atoms in total. The zero-order chi connectivity index (χ0) is 20.2. The van der Waals surface area contributed by atoms with Gasteiger partial charge in [-0.3, -0.25) is 19.3 Å². The molecule has 0 spiro atoms. The molecule has 29 heavy (non-hydrogen) atoms. The minimum absolute atomic E-state index is 0.138. The molecule has 1 aliphatic heterocycles. The number of nitrogens with zero attached hydrogens (tertiary/aromatic N) is 2. The van der Waals surface area contributed by atoms with Crippen LogP contribution < -0.4 is 5.32 Å². The summed E-state index contributed by atoms with van der Waals surface area (Å²) in [6, 6.07) is 14.9. The van der Waals surface area contributed by atoms with Gasteiger partial charge in [-0.2, -0.15) is 0 Å². The zero-order valence-electron chi connectivity index (χ0n) is 16.0. The van der Waals surface area contributed by atoms with Gasteiger partial charge in [0.15, 0.2) is 0 Å². The SMILES string of the molecule is O=C(NCCCc1nc2ccccc2[nH]1)c1ccc(CN2C(=O)CCC2=O)cc1. The lowest BCUT2D eigenvalue weighted by Gasteiger charge is -2.14. The number of amides is 3. The predicted molar refractivity (Wildman–Crippen MR) is 108 cm³/mol. The van der Waals surface area contributed by atoms with Crippen LogP contribution in [-0.2, 0) is 22.6 Å². The van der Waals surface area contributed by atoms with E-state index in [0.717, 1.165) is 35.3 Å². The van der Waals surface area contributed by atoms with Crippen LogP contribution in [0, 0.1) is 0 Å². The Morgan fingerprint density at radius 2 is 1.76 bits per heavy atom. The molecule has 1 aliphatic rings. The maximum absolute atomic E-state index is 12.3. The Balaban J connectivity index is 1.25. The van der Waals surface area contributed by atoms with E-state index in [1.54, 1.807) is 24.3 Å². The van der Waals surface area contributed by atoms with Crippen molar-refractivity contribution >= 4 is 28.8 Å². The monoisotopic (exact) mass is 390 g/mol. The van der Waals surface area contributed by atoms with Crippen LogP contribution in [0.5, 0.6) is 0 Å². The number of rotatable bonds is 7. The van der Waals surface area contributed by atoms with Crippen molar-refractivity contribution < 1.29 is 14.4 Å². The molecule has 7 heteroatoms. The first-order valence-corrected chi connectivity index (χ1v) is 9.74. The molecule has 0 bridgehead atoms. The minimum atomic E-state index is -0.144. The predicted octanol–water partition coefficient (Wildman–Crippen LogP) is 2.57. The summed E-state index contributed by atoms with van der Waals surface area (Å²) in [7, 11) is 0. The Bertz CT molecular complexity index is 1010. The van der Waals surface area contributed by atoms with Crippen LogP contribution in [0.4, 0.5) is 0 Å². The molecule has 0 radical (unpaired) electrons. The van der Waals surface area contributed by atoms with E-state index in [0.29, 0.717) is 12.1 Å². The van der Waals surface area contributed by atoms with Crippen molar-refractivity contribution in [3.8, 4) is 0 Å². The molecule has 0 unspecified atom stereocenters. The number of fused-ring (bicyclic) bond motifs is 1. The van der Waals surface area contributed by atoms with Crippen LogP contribution >= 0.6 is 0 Å². The third kappa shape index (κ3) is 4.34. The fourth-order valence-electron chi connectivity index (χ4n) is 3.43. The highest BCUT2D eigenvalue weighted by Crippen LogP contribution is 2.16. The number of imidazole rings is 1. The standard InChI is InChI=1S/C22H22N4O3/c27-20-11-12-21(28)26(20)14-15-7-9-16(10-8-15)22(29)23-13-3-6-19-24-17-4-1-2-5-18(17)25-19/h1-2,4-5,7-10H,3,6,11-14H2,(H,23,29)(H,24,25). The van der Waals surface area contributed by atoms with E-state index in [4.69, 9.17) is 0 Å². The molecule has 1 saturated heterocycles. The van der Waals surface area contributed by atoms with Crippen LogP contribution in [-0.4, -0.2) is 39.1 Å². The van der Waals surface area contributed by atoms with Gasteiger partial charge in [0.1, 0.15) is 5.82 Å². The summed E-state index contributed by atoms with van der Waals surface area (Å²) in [5.74, 6) is 0.493. The molecule has 2 aromatic carbocycles. The van der Waals surface area contributed by atoms with Crippen molar-refractivity contribution in [2.75, 3.05) is 6.54 Å². The van der Waals surface area contributed by atoms with E-state index < -0.39 is 0 Å². The molecular weight excluding hydrogens is 368 g/mol. The molecule has 148 valence electrons. The van der Waals surface area contributed by atoms with Crippen molar-refractivity contribution in [3.63, 3.8) is 0 Å². The maximum atomic E-state index is 12.3. The lowest BCUT2D eigenvalue weighted by Crippen LogP contribution is -2.28. The number of aromatic nitrogens is 2. The van der Waals surface area contributed by atoms with Gasteiger partial charge in [-0.1, -0.05) is 24.3 Å². The van der Waals surface area contributed by atoms with E-state index in [1.807, 2.05) is 24.3 Å². The second-order valence-corrected chi connectivity index (χ2v) is 7.13. The van der Waals surface area contributed by atoms with Crippen molar-refractivity contribution in [1.82, 2.24) is 20.2 Å². The Hall–Kier alpha value is -3.48. The molecule has 3 aromatic rings. The van der Waals surface area contributed by atoms with E-state index >= 15 is 0 Å². The number of para-hydroxylation sites is 2. The number of aryl methyl sites for hydroxylation is 1. The summed E-state index contributed by atoms with van der Waals surface area (Å²) in [6.07, 6.45) is 2.11.